The van der Waals surface area contributed by atoms with Gasteiger partial charge in [-0.25, -0.2) is 9.18 Å². The second-order valence-corrected chi connectivity index (χ2v) is 9.03. The summed E-state index contributed by atoms with van der Waals surface area (Å²) in [6.07, 6.45) is 3.58. The minimum absolute atomic E-state index is 0.0363. The summed E-state index contributed by atoms with van der Waals surface area (Å²) < 4.78 is 18.5. The Morgan fingerprint density at radius 3 is 2.53 bits per heavy atom. The molecule has 0 aromatic heterocycles. The number of hydrogen-bond donors (Lipinski definition) is 0. The number of hydrogen-bond acceptors (Lipinski definition) is 4. The molecule has 0 saturated heterocycles. The van der Waals surface area contributed by atoms with Crippen LogP contribution >= 0.6 is 11.6 Å². The van der Waals surface area contributed by atoms with Gasteiger partial charge in [0.05, 0.1) is 23.7 Å². The zero-order valence-electron chi connectivity index (χ0n) is 18.4. The predicted octanol–water partition coefficient (Wildman–Crippen LogP) is 5.56. The molecule has 1 amide bonds. The van der Waals surface area contributed by atoms with E-state index in [0.717, 1.165) is 24.8 Å². The van der Waals surface area contributed by atoms with Crippen LogP contribution in [0.4, 0.5) is 4.39 Å². The highest BCUT2D eigenvalue weighted by atomic mass is 35.5. The molecule has 2 unspecified atom stereocenters. The zero-order chi connectivity index (χ0) is 23.0. The molecule has 32 heavy (non-hydrogen) atoms. The van der Waals surface area contributed by atoms with Gasteiger partial charge in [-0.15, -0.1) is 0 Å². The molecule has 1 heterocycles. The van der Waals surface area contributed by atoms with Crippen LogP contribution in [0.3, 0.4) is 0 Å². The summed E-state index contributed by atoms with van der Waals surface area (Å²) in [7, 11) is 1.35. The van der Waals surface area contributed by atoms with Crippen molar-refractivity contribution in [3.05, 3.63) is 70.0 Å². The maximum absolute atomic E-state index is 13.7. The molecule has 1 aliphatic carbocycles. The highest BCUT2D eigenvalue weighted by Gasteiger charge is 2.51. The van der Waals surface area contributed by atoms with Crippen LogP contribution in [0.1, 0.15) is 67.1 Å². The third-order valence-corrected chi connectivity index (χ3v) is 6.52. The summed E-state index contributed by atoms with van der Waals surface area (Å²) in [4.78, 5) is 32.3. The summed E-state index contributed by atoms with van der Waals surface area (Å²) >= 11 is 5.99. The first-order chi connectivity index (χ1) is 15.3. The van der Waals surface area contributed by atoms with Gasteiger partial charge < -0.3 is 9.64 Å². The lowest BCUT2D eigenvalue weighted by molar-refractivity contribution is -0.131. The second-order valence-electron chi connectivity index (χ2n) is 8.63. The molecule has 1 fully saturated rings. The van der Waals surface area contributed by atoms with Gasteiger partial charge >= 0.3 is 5.97 Å². The highest BCUT2D eigenvalue weighted by Crippen LogP contribution is 2.49. The first-order valence-corrected chi connectivity index (χ1v) is 11.2. The van der Waals surface area contributed by atoms with Gasteiger partial charge in [0.1, 0.15) is 17.2 Å². The number of carbonyl (C=O) groups is 2. The normalized spacial score (nSPS) is 21.5. The van der Waals surface area contributed by atoms with E-state index in [4.69, 9.17) is 21.3 Å². The van der Waals surface area contributed by atoms with Gasteiger partial charge in [0.15, 0.2) is 0 Å². The van der Waals surface area contributed by atoms with Crippen molar-refractivity contribution in [2.75, 3.05) is 7.11 Å². The third-order valence-electron chi connectivity index (χ3n) is 6.23. The van der Waals surface area contributed by atoms with Crippen molar-refractivity contribution in [2.24, 2.45) is 10.9 Å². The molecule has 1 aliphatic heterocycles. The summed E-state index contributed by atoms with van der Waals surface area (Å²) in [6, 6.07) is 11.3. The third kappa shape index (κ3) is 4.04. The van der Waals surface area contributed by atoms with Crippen LogP contribution < -0.4 is 0 Å². The Balaban J connectivity index is 1.74. The van der Waals surface area contributed by atoms with Crippen molar-refractivity contribution < 1.29 is 18.7 Å². The van der Waals surface area contributed by atoms with E-state index < -0.39 is 17.4 Å². The number of aliphatic imine (C=N–C) groups is 1. The molecule has 2 aliphatic rings. The molecular formula is C25H26ClFN2O3. The molecule has 0 spiro atoms. The van der Waals surface area contributed by atoms with Crippen molar-refractivity contribution in [3.8, 4) is 0 Å². The molecule has 0 radical (unpaired) electrons. The predicted molar refractivity (Wildman–Crippen MR) is 121 cm³/mol. The number of benzene rings is 2. The Labute approximate surface area is 192 Å². The monoisotopic (exact) mass is 456 g/mol. The van der Waals surface area contributed by atoms with Gasteiger partial charge in [0, 0.05) is 5.56 Å². The first kappa shape index (κ1) is 22.5. The quantitative estimate of drug-likeness (QED) is 0.512. The van der Waals surface area contributed by atoms with Crippen LogP contribution in [-0.2, 0) is 9.53 Å². The van der Waals surface area contributed by atoms with Gasteiger partial charge in [-0.1, -0.05) is 37.1 Å². The number of amides is 1. The molecule has 7 heteroatoms. The lowest BCUT2D eigenvalue weighted by atomic mass is 9.94. The van der Waals surface area contributed by atoms with E-state index in [0.29, 0.717) is 29.2 Å². The molecule has 5 nitrogen and oxygen atoms in total. The van der Waals surface area contributed by atoms with Gasteiger partial charge in [-0.3, -0.25) is 9.79 Å². The molecule has 2 aromatic carbocycles. The smallest absolute Gasteiger partial charge is 0.337 e. The second kappa shape index (κ2) is 8.66. The molecule has 168 valence electrons. The molecule has 0 bridgehead atoms. The lowest BCUT2D eigenvalue weighted by Crippen LogP contribution is -2.47. The van der Waals surface area contributed by atoms with Crippen molar-refractivity contribution in [2.45, 2.75) is 51.2 Å². The van der Waals surface area contributed by atoms with E-state index in [2.05, 4.69) is 6.92 Å². The van der Waals surface area contributed by atoms with Crippen molar-refractivity contribution in [1.29, 1.82) is 0 Å². The summed E-state index contributed by atoms with van der Waals surface area (Å²) in [6.45, 7) is 4.04. The maximum Gasteiger partial charge on any atom is 0.337 e. The van der Waals surface area contributed by atoms with Gasteiger partial charge in [0.25, 0.3) is 5.91 Å². The van der Waals surface area contributed by atoms with Crippen molar-refractivity contribution in [3.63, 3.8) is 0 Å². The van der Waals surface area contributed by atoms with E-state index in [9.17, 15) is 14.0 Å². The Kier molecular flexibility index (Phi) is 6.08. The lowest BCUT2D eigenvalue weighted by Gasteiger charge is -2.40. The average Bonchev–Trinajstić information content (AvgIpc) is 3.58. The summed E-state index contributed by atoms with van der Waals surface area (Å²) in [5.41, 5.74) is 1.52. The van der Waals surface area contributed by atoms with Crippen LogP contribution in [0.5, 0.6) is 0 Å². The SMILES string of the molecule is CCCC1(C)N=C(c2ccc(F)c(Cl)c2)C(=O)N1C(c1ccc(C(=O)OC)cc1)C1CC1. The van der Waals surface area contributed by atoms with Gasteiger partial charge in [-0.05, 0) is 68.0 Å². The number of halogens is 2. The average molecular weight is 457 g/mol. The Bertz CT molecular complexity index is 1080. The number of ether oxygens (including phenoxy) is 1. The Morgan fingerprint density at radius 2 is 1.97 bits per heavy atom. The molecule has 2 aromatic rings. The zero-order valence-corrected chi connectivity index (χ0v) is 19.2. The van der Waals surface area contributed by atoms with E-state index in [-0.39, 0.29) is 17.0 Å². The Morgan fingerprint density at radius 1 is 1.28 bits per heavy atom. The minimum Gasteiger partial charge on any atom is -0.465 e. The van der Waals surface area contributed by atoms with E-state index >= 15 is 0 Å². The fraction of sp³-hybridized carbons (Fsp3) is 0.400. The van der Waals surface area contributed by atoms with Crippen LogP contribution in [0.2, 0.25) is 5.02 Å². The number of nitrogens with zero attached hydrogens (tertiary/aromatic N) is 2. The topological polar surface area (TPSA) is 59.0 Å². The van der Waals surface area contributed by atoms with E-state index in [1.807, 2.05) is 24.0 Å². The molecular weight excluding hydrogens is 431 g/mol. The largest absolute Gasteiger partial charge is 0.465 e. The van der Waals surface area contributed by atoms with Crippen LogP contribution in [-0.4, -0.2) is 35.3 Å². The number of methoxy groups -OCH3 is 1. The minimum atomic E-state index is -0.726. The van der Waals surface area contributed by atoms with Crippen molar-refractivity contribution in [1.82, 2.24) is 4.90 Å². The maximum atomic E-state index is 13.7. The number of rotatable bonds is 7. The summed E-state index contributed by atoms with van der Waals surface area (Å²) in [5.74, 6) is -0.786. The van der Waals surface area contributed by atoms with Gasteiger partial charge in [0.2, 0.25) is 0 Å². The fourth-order valence-electron chi connectivity index (χ4n) is 4.56. The molecule has 1 saturated carbocycles. The summed E-state index contributed by atoms with van der Waals surface area (Å²) in [5, 5.41) is -0.0363. The fourth-order valence-corrected chi connectivity index (χ4v) is 4.74. The standard InChI is InChI=1S/C25H26ClFN2O3/c1-4-13-25(2)28-21(18-11-12-20(27)19(26)14-18)23(30)29(25)22(15-5-6-15)16-7-9-17(10-8-16)24(31)32-3/h7-12,14-15,22H,4-6,13H2,1-3H3. The van der Waals surface area contributed by atoms with Crippen LogP contribution in [0.15, 0.2) is 47.5 Å². The molecule has 2 atom stereocenters. The van der Waals surface area contributed by atoms with E-state index in [1.54, 1.807) is 18.2 Å². The Hall–Kier alpha value is -2.73. The highest BCUT2D eigenvalue weighted by molar-refractivity contribution is 6.47. The number of carbonyl (C=O) groups excluding carboxylic acids is 2. The van der Waals surface area contributed by atoms with Gasteiger partial charge in [-0.2, -0.15) is 0 Å². The van der Waals surface area contributed by atoms with Crippen molar-refractivity contribution >= 4 is 29.2 Å². The van der Waals surface area contributed by atoms with E-state index in [1.165, 1.54) is 19.2 Å². The van der Waals surface area contributed by atoms with Crippen LogP contribution in [0.25, 0.3) is 0 Å². The molecule has 0 N–H and O–H groups in total. The van der Waals surface area contributed by atoms with Crippen LogP contribution in [0, 0.1) is 11.7 Å². The molecule has 4 rings (SSSR count). The first-order valence-electron chi connectivity index (χ1n) is 10.9. The number of esters is 1.